The van der Waals surface area contributed by atoms with Gasteiger partial charge in [-0.3, -0.25) is 4.79 Å². The van der Waals surface area contributed by atoms with Crippen LogP contribution in [-0.4, -0.2) is 17.0 Å². The Labute approximate surface area is 93.0 Å². The van der Waals surface area contributed by atoms with Gasteiger partial charge in [0, 0.05) is 4.47 Å². The molecular weight excluding hydrogens is 270 g/mol. The second kappa shape index (κ2) is 3.64. The van der Waals surface area contributed by atoms with E-state index in [-0.39, 0.29) is 12.0 Å². The molecule has 1 unspecified atom stereocenters. The molecule has 0 amide bonds. The van der Waals surface area contributed by atoms with Gasteiger partial charge in [-0.2, -0.15) is 0 Å². The summed E-state index contributed by atoms with van der Waals surface area (Å²) in [5.74, 6) is -2.99. The van der Waals surface area contributed by atoms with Crippen molar-refractivity contribution in [1.29, 1.82) is 0 Å². The first-order chi connectivity index (χ1) is 7.02. The molecule has 0 spiro atoms. The Kier molecular flexibility index (Phi) is 2.60. The molecular formula is C10H7BrF2O2. The van der Waals surface area contributed by atoms with Crippen molar-refractivity contribution in [2.45, 2.75) is 18.9 Å². The summed E-state index contributed by atoms with van der Waals surface area (Å²) in [6.45, 7) is 0. The molecule has 2 nitrogen and oxygen atoms in total. The fourth-order valence-electron chi connectivity index (χ4n) is 1.71. The van der Waals surface area contributed by atoms with Gasteiger partial charge in [0.15, 0.2) is 17.4 Å². The number of aliphatic hydroxyl groups excluding tert-OH is 1. The number of Topliss-reactive ketones (excluding diaryl/α,β-unsaturated/α-hetero) is 1. The highest BCUT2D eigenvalue weighted by Gasteiger charge is 2.31. The van der Waals surface area contributed by atoms with Gasteiger partial charge in [-0.15, -0.1) is 0 Å². The van der Waals surface area contributed by atoms with Crippen LogP contribution in [0.3, 0.4) is 0 Å². The Balaban J connectivity index is 2.70. The monoisotopic (exact) mass is 276 g/mol. The molecule has 15 heavy (non-hydrogen) atoms. The summed E-state index contributed by atoms with van der Waals surface area (Å²) in [5, 5.41) is 9.28. The first-order valence-corrected chi connectivity index (χ1v) is 5.20. The van der Waals surface area contributed by atoms with Crippen LogP contribution >= 0.6 is 15.9 Å². The molecule has 1 aliphatic rings. The van der Waals surface area contributed by atoms with Gasteiger partial charge in [-0.05, 0) is 24.5 Å². The molecule has 0 aliphatic heterocycles. The van der Waals surface area contributed by atoms with Crippen LogP contribution < -0.4 is 0 Å². The van der Waals surface area contributed by atoms with Crippen molar-refractivity contribution in [3.05, 3.63) is 33.3 Å². The number of fused-ring (bicyclic) bond motifs is 1. The topological polar surface area (TPSA) is 37.3 Å². The van der Waals surface area contributed by atoms with Crippen molar-refractivity contribution in [2.75, 3.05) is 0 Å². The molecule has 0 aromatic heterocycles. The van der Waals surface area contributed by atoms with E-state index in [0.29, 0.717) is 16.5 Å². The van der Waals surface area contributed by atoms with Gasteiger partial charge in [0.1, 0.15) is 6.10 Å². The van der Waals surface area contributed by atoms with E-state index in [1.807, 2.05) is 0 Å². The maximum Gasteiger partial charge on any atom is 0.194 e. The third-order valence-electron chi connectivity index (χ3n) is 2.49. The minimum atomic E-state index is -1.22. The Morgan fingerprint density at radius 2 is 2.13 bits per heavy atom. The molecule has 1 atom stereocenters. The van der Waals surface area contributed by atoms with Crippen LogP contribution in [0.5, 0.6) is 0 Å². The number of hydrogen-bond acceptors (Lipinski definition) is 2. The van der Waals surface area contributed by atoms with Gasteiger partial charge in [0.2, 0.25) is 0 Å². The van der Waals surface area contributed by atoms with Crippen molar-refractivity contribution in [2.24, 2.45) is 0 Å². The zero-order chi connectivity index (χ0) is 11.2. The molecule has 0 fully saturated rings. The summed E-state index contributed by atoms with van der Waals surface area (Å²) in [6.07, 6.45) is -0.615. The number of rotatable bonds is 0. The fourth-order valence-corrected chi connectivity index (χ4v) is 2.31. The Hall–Kier alpha value is -0.810. The van der Waals surface area contributed by atoms with E-state index < -0.39 is 23.5 Å². The number of carbonyl (C=O) groups is 1. The number of carbonyl (C=O) groups excluding carboxylic acids is 1. The second-order valence-corrected chi connectivity index (χ2v) is 4.28. The molecule has 80 valence electrons. The molecule has 0 saturated carbocycles. The van der Waals surface area contributed by atoms with Crippen LogP contribution in [0.4, 0.5) is 8.78 Å². The standard InChI is InChI=1S/C10H7BrF2O2/c11-5-3-6(12)9(13)8-4(5)1-2-7(14)10(8)15/h3,7,14H,1-2H2. The highest BCUT2D eigenvalue weighted by Crippen LogP contribution is 2.31. The Morgan fingerprint density at radius 3 is 2.80 bits per heavy atom. The van der Waals surface area contributed by atoms with E-state index in [9.17, 15) is 18.7 Å². The molecule has 1 aromatic carbocycles. The summed E-state index contributed by atoms with van der Waals surface area (Å²) in [7, 11) is 0. The van der Waals surface area contributed by atoms with E-state index in [1.165, 1.54) is 0 Å². The van der Waals surface area contributed by atoms with E-state index in [2.05, 4.69) is 15.9 Å². The zero-order valence-electron chi connectivity index (χ0n) is 7.56. The van der Waals surface area contributed by atoms with E-state index in [4.69, 9.17) is 0 Å². The summed E-state index contributed by atoms with van der Waals surface area (Å²) in [4.78, 5) is 11.5. The van der Waals surface area contributed by atoms with Crippen LogP contribution in [0, 0.1) is 11.6 Å². The van der Waals surface area contributed by atoms with Crippen molar-refractivity contribution in [3.8, 4) is 0 Å². The van der Waals surface area contributed by atoms with Gasteiger partial charge >= 0.3 is 0 Å². The number of benzene rings is 1. The first-order valence-electron chi connectivity index (χ1n) is 4.41. The van der Waals surface area contributed by atoms with Crippen molar-refractivity contribution in [1.82, 2.24) is 0 Å². The molecule has 0 radical (unpaired) electrons. The summed E-state index contributed by atoms with van der Waals surface area (Å²) in [6, 6.07) is 0.999. The van der Waals surface area contributed by atoms with Gasteiger partial charge in [0.25, 0.3) is 0 Å². The normalized spacial score (nSPS) is 20.3. The van der Waals surface area contributed by atoms with Gasteiger partial charge in [0.05, 0.1) is 5.56 Å². The molecule has 0 heterocycles. The molecule has 0 saturated heterocycles. The van der Waals surface area contributed by atoms with Crippen LogP contribution in [-0.2, 0) is 6.42 Å². The molecule has 5 heteroatoms. The minimum absolute atomic E-state index is 0.246. The quantitative estimate of drug-likeness (QED) is 0.738. The van der Waals surface area contributed by atoms with Crippen LogP contribution in [0.2, 0.25) is 0 Å². The lowest BCUT2D eigenvalue weighted by atomic mass is 9.88. The average Bonchev–Trinajstić information content (AvgIpc) is 2.19. The molecule has 1 aromatic rings. The van der Waals surface area contributed by atoms with E-state index >= 15 is 0 Å². The van der Waals surface area contributed by atoms with Gasteiger partial charge in [-0.25, -0.2) is 8.78 Å². The molecule has 2 rings (SSSR count). The number of ketones is 1. The van der Waals surface area contributed by atoms with Gasteiger partial charge in [-0.1, -0.05) is 15.9 Å². The van der Waals surface area contributed by atoms with Crippen LogP contribution in [0.15, 0.2) is 10.5 Å². The third-order valence-corrected chi connectivity index (χ3v) is 3.20. The number of halogens is 3. The third kappa shape index (κ3) is 1.59. The van der Waals surface area contributed by atoms with Crippen molar-refractivity contribution >= 4 is 21.7 Å². The fraction of sp³-hybridized carbons (Fsp3) is 0.300. The lowest BCUT2D eigenvalue weighted by Gasteiger charge is -2.21. The molecule has 1 aliphatic carbocycles. The summed E-state index contributed by atoms with van der Waals surface area (Å²) >= 11 is 3.07. The van der Waals surface area contributed by atoms with Gasteiger partial charge < -0.3 is 5.11 Å². The number of aliphatic hydroxyl groups is 1. The maximum absolute atomic E-state index is 13.4. The first kappa shape index (κ1) is 10.7. The highest BCUT2D eigenvalue weighted by molar-refractivity contribution is 9.10. The lowest BCUT2D eigenvalue weighted by molar-refractivity contribution is 0.0705. The SMILES string of the molecule is O=C1c2c(F)c(F)cc(Br)c2CCC1O. The highest BCUT2D eigenvalue weighted by atomic mass is 79.9. The lowest BCUT2D eigenvalue weighted by Crippen LogP contribution is -2.29. The summed E-state index contributed by atoms with van der Waals surface area (Å²) in [5.41, 5.74) is 0.116. The molecule has 0 bridgehead atoms. The zero-order valence-corrected chi connectivity index (χ0v) is 9.14. The number of hydrogen-bond donors (Lipinski definition) is 1. The maximum atomic E-state index is 13.4. The smallest absolute Gasteiger partial charge is 0.194 e. The van der Waals surface area contributed by atoms with Crippen molar-refractivity contribution < 1.29 is 18.7 Å². The van der Waals surface area contributed by atoms with E-state index in [0.717, 1.165) is 6.07 Å². The summed E-state index contributed by atoms with van der Waals surface area (Å²) < 4.78 is 26.8. The Bertz CT molecular complexity index is 446. The second-order valence-electron chi connectivity index (χ2n) is 3.43. The predicted molar refractivity (Wildman–Crippen MR) is 52.7 cm³/mol. The molecule has 1 N–H and O–H groups in total. The van der Waals surface area contributed by atoms with E-state index in [1.54, 1.807) is 0 Å². The minimum Gasteiger partial charge on any atom is -0.385 e. The largest absolute Gasteiger partial charge is 0.385 e. The Morgan fingerprint density at radius 1 is 1.47 bits per heavy atom. The van der Waals surface area contributed by atoms with Crippen LogP contribution in [0.25, 0.3) is 0 Å². The van der Waals surface area contributed by atoms with Crippen LogP contribution in [0.1, 0.15) is 22.3 Å². The predicted octanol–water partition coefficient (Wildman–Crippen LogP) is 2.22. The average molecular weight is 277 g/mol. The van der Waals surface area contributed by atoms with Crippen molar-refractivity contribution in [3.63, 3.8) is 0 Å².